The highest BCUT2D eigenvalue weighted by molar-refractivity contribution is 7.92. The first-order chi connectivity index (χ1) is 17.9. The molecule has 6 nitrogen and oxygen atoms in total. The predicted molar refractivity (Wildman–Crippen MR) is 152 cm³/mol. The summed E-state index contributed by atoms with van der Waals surface area (Å²) in [5, 5.41) is 2.99. The number of fused-ring (bicyclic) bond motifs is 1. The highest BCUT2D eigenvalue weighted by Gasteiger charge is 2.38. The molecule has 1 unspecified atom stereocenters. The standard InChI is InChI=1S/C31H38N2O4S/c1-7-22-11-12-23(8-2)24(17-22)19-32-30(34)29-20-33(38(35,36)26-14-9-21(3)10-15-26)27-18-25(31(4,5)6)13-16-28(27)37-29/h9-18,29H,7-8,19-20H2,1-6H3,(H,32,34). The van der Waals surface area contributed by atoms with Crippen LogP contribution in [-0.4, -0.2) is 27.0 Å². The lowest BCUT2D eigenvalue weighted by atomic mass is 9.86. The molecular weight excluding hydrogens is 496 g/mol. The van der Waals surface area contributed by atoms with Crippen LogP contribution in [0.4, 0.5) is 5.69 Å². The van der Waals surface area contributed by atoms with Gasteiger partial charge in [0.2, 0.25) is 0 Å². The number of carbonyl (C=O) groups excluding carboxylic acids is 1. The molecule has 0 aromatic heterocycles. The van der Waals surface area contributed by atoms with E-state index in [9.17, 15) is 13.2 Å². The van der Waals surface area contributed by atoms with E-state index in [1.165, 1.54) is 15.4 Å². The van der Waals surface area contributed by atoms with Gasteiger partial charge in [0.1, 0.15) is 5.75 Å². The number of aryl methyl sites for hydroxylation is 3. The van der Waals surface area contributed by atoms with Crippen molar-refractivity contribution in [3.8, 4) is 5.75 Å². The van der Waals surface area contributed by atoms with Gasteiger partial charge in [0.15, 0.2) is 6.10 Å². The number of amides is 1. The molecule has 1 aliphatic rings. The Morgan fingerprint density at radius 3 is 2.32 bits per heavy atom. The normalized spacial score (nSPS) is 15.5. The highest BCUT2D eigenvalue weighted by Crippen LogP contribution is 2.40. The number of rotatable bonds is 7. The van der Waals surface area contributed by atoms with Crippen molar-refractivity contribution in [2.24, 2.45) is 0 Å². The third-order valence-electron chi connectivity index (χ3n) is 7.11. The van der Waals surface area contributed by atoms with Crippen molar-refractivity contribution < 1.29 is 17.9 Å². The van der Waals surface area contributed by atoms with Crippen LogP contribution in [0.25, 0.3) is 0 Å². The third kappa shape index (κ3) is 5.73. The van der Waals surface area contributed by atoms with Crippen molar-refractivity contribution in [3.05, 3.63) is 88.5 Å². The number of anilines is 1. The second kappa shape index (κ2) is 10.8. The molecule has 0 fully saturated rings. The van der Waals surface area contributed by atoms with Crippen LogP contribution in [0, 0.1) is 6.92 Å². The molecule has 7 heteroatoms. The largest absolute Gasteiger partial charge is 0.476 e. The molecule has 3 aromatic carbocycles. The fourth-order valence-electron chi connectivity index (χ4n) is 4.62. The molecule has 3 aromatic rings. The van der Waals surface area contributed by atoms with Crippen LogP contribution in [0.5, 0.6) is 5.75 Å². The minimum Gasteiger partial charge on any atom is -0.476 e. The molecule has 0 spiro atoms. The zero-order valence-electron chi connectivity index (χ0n) is 23.2. The van der Waals surface area contributed by atoms with E-state index in [4.69, 9.17) is 4.74 Å². The second-order valence-corrected chi connectivity index (χ2v) is 12.8. The average Bonchev–Trinajstić information content (AvgIpc) is 2.90. The summed E-state index contributed by atoms with van der Waals surface area (Å²) >= 11 is 0. The number of benzene rings is 3. The Kier molecular flexibility index (Phi) is 7.88. The quantitative estimate of drug-likeness (QED) is 0.423. The van der Waals surface area contributed by atoms with Gasteiger partial charge in [0.05, 0.1) is 17.1 Å². The van der Waals surface area contributed by atoms with Crippen molar-refractivity contribution >= 4 is 21.6 Å². The number of carbonyl (C=O) groups is 1. The Bertz CT molecular complexity index is 1420. The molecule has 0 saturated carbocycles. The fraction of sp³-hybridized carbons (Fsp3) is 0.387. The molecule has 1 heterocycles. The second-order valence-electron chi connectivity index (χ2n) is 10.9. The Morgan fingerprint density at radius 1 is 0.974 bits per heavy atom. The van der Waals surface area contributed by atoms with E-state index in [2.05, 4.69) is 58.1 Å². The molecular formula is C31H38N2O4S. The topological polar surface area (TPSA) is 75.7 Å². The van der Waals surface area contributed by atoms with Gasteiger partial charge in [-0.15, -0.1) is 0 Å². The van der Waals surface area contributed by atoms with Gasteiger partial charge in [-0.25, -0.2) is 8.42 Å². The Hall–Kier alpha value is -3.32. The van der Waals surface area contributed by atoms with E-state index in [1.807, 2.05) is 19.1 Å². The van der Waals surface area contributed by atoms with Crippen LogP contribution in [0.3, 0.4) is 0 Å². The predicted octanol–water partition coefficient (Wildman–Crippen LogP) is 5.69. The smallest absolute Gasteiger partial charge is 0.264 e. The summed E-state index contributed by atoms with van der Waals surface area (Å²) < 4.78 is 35.2. The van der Waals surface area contributed by atoms with Crippen LogP contribution < -0.4 is 14.4 Å². The summed E-state index contributed by atoms with van der Waals surface area (Å²) in [5.74, 6) is 0.0333. The van der Waals surface area contributed by atoms with Crippen molar-refractivity contribution in [1.82, 2.24) is 5.32 Å². The zero-order valence-corrected chi connectivity index (χ0v) is 24.0. The number of ether oxygens (including phenoxy) is 1. The average molecular weight is 535 g/mol. The van der Waals surface area contributed by atoms with Crippen molar-refractivity contribution in [1.29, 1.82) is 0 Å². The molecule has 1 N–H and O–H groups in total. The van der Waals surface area contributed by atoms with Crippen molar-refractivity contribution in [2.45, 2.75) is 77.3 Å². The number of hydrogen-bond acceptors (Lipinski definition) is 4. The number of sulfonamides is 1. The van der Waals surface area contributed by atoms with Gasteiger partial charge in [-0.2, -0.15) is 0 Å². The molecule has 0 radical (unpaired) electrons. The minimum atomic E-state index is -3.93. The molecule has 1 atom stereocenters. The first-order valence-electron chi connectivity index (χ1n) is 13.2. The van der Waals surface area contributed by atoms with Crippen LogP contribution in [-0.2, 0) is 39.6 Å². The number of nitrogens with one attached hydrogen (secondary N) is 1. The third-order valence-corrected chi connectivity index (χ3v) is 8.90. The summed E-state index contributed by atoms with van der Waals surface area (Å²) in [5.41, 5.74) is 5.66. The van der Waals surface area contributed by atoms with E-state index in [0.717, 1.165) is 29.5 Å². The molecule has 1 aliphatic heterocycles. The fourth-order valence-corrected chi connectivity index (χ4v) is 6.09. The maximum Gasteiger partial charge on any atom is 0.264 e. The van der Waals surface area contributed by atoms with E-state index in [-0.39, 0.29) is 22.8 Å². The lowest BCUT2D eigenvalue weighted by Gasteiger charge is -2.36. The summed E-state index contributed by atoms with van der Waals surface area (Å²) in [4.78, 5) is 13.5. The van der Waals surface area contributed by atoms with Crippen molar-refractivity contribution in [3.63, 3.8) is 0 Å². The Morgan fingerprint density at radius 2 is 1.68 bits per heavy atom. The molecule has 4 rings (SSSR count). The molecule has 0 aliphatic carbocycles. The van der Waals surface area contributed by atoms with Gasteiger partial charge in [-0.3, -0.25) is 9.10 Å². The lowest BCUT2D eigenvalue weighted by Crippen LogP contribution is -2.50. The van der Waals surface area contributed by atoms with E-state index >= 15 is 0 Å². The van der Waals surface area contributed by atoms with E-state index < -0.39 is 16.1 Å². The van der Waals surface area contributed by atoms with Gasteiger partial charge in [0, 0.05) is 6.54 Å². The maximum absolute atomic E-state index is 13.9. The summed E-state index contributed by atoms with van der Waals surface area (Å²) in [6.07, 6.45) is 0.791. The van der Waals surface area contributed by atoms with Gasteiger partial charge in [0.25, 0.3) is 15.9 Å². The molecule has 1 amide bonds. The van der Waals surface area contributed by atoms with Gasteiger partial charge in [-0.1, -0.05) is 76.6 Å². The van der Waals surface area contributed by atoms with E-state index in [0.29, 0.717) is 18.0 Å². The first kappa shape index (κ1) is 27.7. The van der Waals surface area contributed by atoms with Crippen LogP contribution >= 0.6 is 0 Å². The van der Waals surface area contributed by atoms with Crippen molar-refractivity contribution in [2.75, 3.05) is 10.8 Å². The first-order valence-corrected chi connectivity index (χ1v) is 14.7. The van der Waals surface area contributed by atoms with Crippen LogP contribution in [0.15, 0.2) is 65.6 Å². The Balaban J connectivity index is 1.67. The maximum atomic E-state index is 13.9. The summed E-state index contributed by atoms with van der Waals surface area (Å²) in [6, 6.07) is 18.7. The molecule has 38 heavy (non-hydrogen) atoms. The van der Waals surface area contributed by atoms with Crippen LogP contribution in [0.1, 0.15) is 62.4 Å². The van der Waals surface area contributed by atoms with Gasteiger partial charge >= 0.3 is 0 Å². The molecule has 0 saturated heterocycles. The molecule has 0 bridgehead atoms. The lowest BCUT2D eigenvalue weighted by molar-refractivity contribution is -0.127. The zero-order chi connectivity index (χ0) is 27.7. The number of nitrogens with zero attached hydrogens (tertiary/aromatic N) is 1. The van der Waals surface area contributed by atoms with Crippen LogP contribution in [0.2, 0.25) is 0 Å². The summed E-state index contributed by atoms with van der Waals surface area (Å²) in [7, 11) is -3.93. The SMILES string of the molecule is CCc1ccc(CC)c(CNC(=O)C2CN(S(=O)(=O)c3ccc(C)cc3)c3cc(C(C)(C)C)ccc3O2)c1. The van der Waals surface area contributed by atoms with Gasteiger partial charge < -0.3 is 10.1 Å². The van der Waals surface area contributed by atoms with E-state index in [1.54, 1.807) is 30.3 Å². The number of hydrogen-bond donors (Lipinski definition) is 1. The van der Waals surface area contributed by atoms with Gasteiger partial charge in [-0.05, 0) is 71.7 Å². The monoisotopic (exact) mass is 534 g/mol. The summed E-state index contributed by atoms with van der Waals surface area (Å²) in [6.45, 7) is 12.6. The highest BCUT2D eigenvalue weighted by atomic mass is 32.2. The molecule has 202 valence electrons. The Labute approximate surface area is 227 Å². The minimum absolute atomic E-state index is 0.113.